The number of sulfone groups is 1. The average molecular weight is 871 g/mol. The van der Waals surface area contributed by atoms with Crippen LogP contribution in [0.2, 0.25) is 0 Å². The number of anilines is 1. The van der Waals surface area contributed by atoms with Gasteiger partial charge in [-0.25, -0.2) is 13.3 Å². The van der Waals surface area contributed by atoms with Gasteiger partial charge >= 0.3 is 12.4 Å². The van der Waals surface area contributed by atoms with Crippen molar-refractivity contribution >= 4 is 39.2 Å². The molecule has 0 N–H and O–H groups in total. The lowest BCUT2D eigenvalue weighted by atomic mass is 9.71. The molecule has 2 aliphatic heterocycles. The zero-order chi connectivity index (χ0) is 44.5. The van der Waals surface area contributed by atoms with Crippen LogP contribution in [0.15, 0.2) is 143 Å². The molecule has 17 heteroatoms. The summed E-state index contributed by atoms with van der Waals surface area (Å²) >= 11 is 0. The summed E-state index contributed by atoms with van der Waals surface area (Å²) in [5.74, 6) is -3.12. The second kappa shape index (κ2) is 14.7. The van der Waals surface area contributed by atoms with Gasteiger partial charge < -0.3 is 9.47 Å². The van der Waals surface area contributed by atoms with Crippen LogP contribution >= 0.6 is 0 Å². The molecule has 6 aromatic carbocycles. The monoisotopic (exact) mass is 870 g/mol. The number of carbonyl (C=O) groups is 4. The Kier molecular flexibility index (Phi) is 9.85. The van der Waals surface area contributed by atoms with Crippen LogP contribution in [-0.4, -0.2) is 56.3 Å². The molecule has 0 bridgehead atoms. The van der Waals surface area contributed by atoms with Gasteiger partial charge in [0.25, 0.3) is 23.6 Å². The molecule has 2 heterocycles. The quantitative estimate of drug-likeness (QED) is 0.104. The number of fused-ring (bicyclic) bond motifs is 2. The molecule has 4 amide bonds. The molecular formula is C45H28F6N2O8S. The molecule has 314 valence electrons. The fourth-order valence-corrected chi connectivity index (χ4v) is 8.69. The highest BCUT2D eigenvalue weighted by Crippen LogP contribution is 2.57. The number of hydrogen-bond donors (Lipinski definition) is 0. The van der Waals surface area contributed by atoms with Crippen molar-refractivity contribution in [2.75, 3.05) is 11.9 Å². The standard InChI is InChI=1S/C45H28F6N2O8S/c1-25-5-3-7-31(21-25)60-29-11-15-33(16-12-29)62(58,59)34-17-13-30(14-18-34)61-32-8-4-6-28(24-32)53-41(56)36-20-10-27(23-38(36)42(53)57)43(44(46,47)48,45(49,50)51)26-9-19-35-37(22-26)40(55)52(2)39(35)54/h3-24H,1-2H3. The number of amides is 4. The predicted octanol–water partition coefficient (Wildman–Crippen LogP) is 9.85. The Labute approximate surface area is 348 Å². The van der Waals surface area contributed by atoms with Gasteiger partial charge in [0.05, 0.1) is 37.7 Å². The van der Waals surface area contributed by atoms with Crippen molar-refractivity contribution in [1.82, 2.24) is 4.90 Å². The Morgan fingerprint density at radius 3 is 1.42 bits per heavy atom. The fraction of sp³-hybridized carbons (Fsp3) is 0.111. The van der Waals surface area contributed by atoms with Gasteiger partial charge in [-0.2, -0.15) is 26.3 Å². The number of rotatable bonds is 9. The molecule has 0 saturated heterocycles. The molecule has 6 aromatic rings. The maximum Gasteiger partial charge on any atom is 0.411 e. The van der Waals surface area contributed by atoms with Crippen LogP contribution in [0.1, 0.15) is 58.1 Å². The van der Waals surface area contributed by atoms with Crippen molar-refractivity contribution in [2.24, 2.45) is 0 Å². The molecule has 0 spiro atoms. The third-order valence-electron chi connectivity index (χ3n) is 10.5. The minimum absolute atomic E-state index is 0.00327. The molecule has 0 fully saturated rings. The Morgan fingerprint density at radius 1 is 0.484 bits per heavy atom. The van der Waals surface area contributed by atoms with Crippen LogP contribution in [0.25, 0.3) is 0 Å². The van der Waals surface area contributed by atoms with E-state index in [4.69, 9.17) is 9.47 Å². The number of hydrogen-bond acceptors (Lipinski definition) is 8. The summed E-state index contributed by atoms with van der Waals surface area (Å²) in [6.45, 7) is 1.91. The summed E-state index contributed by atoms with van der Waals surface area (Å²) in [5.41, 5.74) is -9.15. The first-order valence-corrected chi connectivity index (χ1v) is 19.8. The Hall–Kier alpha value is -7.27. The summed E-state index contributed by atoms with van der Waals surface area (Å²) in [5, 5.41) is 0. The van der Waals surface area contributed by atoms with E-state index in [0.717, 1.165) is 12.6 Å². The van der Waals surface area contributed by atoms with Crippen LogP contribution in [0.4, 0.5) is 32.0 Å². The Bertz CT molecular complexity index is 2950. The van der Waals surface area contributed by atoms with Crippen LogP contribution in [-0.2, 0) is 15.3 Å². The number of aryl methyl sites for hydroxylation is 1. The van der Waals surface area contributed by atoms with Crippen molar-refractivity contribution in [3.63, 3.8) is 0 Å². The number of carbonyl (C=O) groups excluding carboxylic acids is 4. The van der Waals surface area contributed by atoms with Gasteiger partial charge in [-0.05, 0) is 121 Å². The average Bonchev–Trinajstić information content (AvgIpc) is 3.59. The minimum atomic E-state index is -6.12. The van der Waals surface area contributed by atoms with E-state index in [0.29, 0.717) is 57.7 Å². The lowest BCUT2D eigenvalue weighted by Crippen LogP contribution is -2.55. The molecule has 0 unspecified atom stereocenters. The molecule has 0 aliphatic carbocycles. The van der Waals surface area contributed by atoms with Crippen molar-refractivity contribution < 1.29 is 63.4 Å². The normalized spacial score (nSPS) is 14.3. The molecule has 2 aliphatic rings. The van der Waals surface area contributed by atoms with Crippen LogP contribution in [0.5, 0.6) is 23.0 Å². The maximum atomic E-state index is 15.1. The van der Waals surface area contributed by atoms with Crippen molar-refractivity contribution in [2.45, 2.75) is 34.5 Å². The number of halogens is 6. The van der Waals surface area contributed by atoms with Gasteiger partial charge in [0.15, 0.2) is 0 Å². The number of ether oxygens (including phenoxy) is 2. The molecule has 0 radical (unpaired) electrons. The van der Waals surface area contributed by atoms with Crippen LogP contribution < -0.4 is 14.4 Å². The molecule has 0 atom stereocenters. The van der Waals surface area contributed by atoms with Gasteiger partial charge in [-0.15, -0.1) is 0 Å². The fourth-order valence-electron chi connectivity index (χ4n) is 7.43. The van der Waals surface area contributed by atoms with E-state index in [1.807, 2.05) is 25.1 Å². The smallest absolute Gasteiger partial charge is 0.411 e. The highest BCUT2D eigenvalue weighted by Gasteiger charge is 2.73. The Balaban J connectivity index is 1.04. The summed E-state index contributed by atoms with van der Waals surface area (Å²) < 4.78 is 129. The third-order valence-corrected chi connectivity index (χ3v) is 12.3. The largest absolute Gasteiger partial charge is 0.457 e. The van der Waals surface area contributed by atoms with Gasteiger partial charge in [0.2, 0.25) is 15.3 Å². The molecule has 0 aromatic heterocycles. The van der Waals surface area contributed by atoms with E-state index in [1.165, 1.54) is 72.8 Å². The second-order valence-electron chi connectivity index (χ2n) is 14.3. The highest BCUT2D eigenvalue weighted by molar-refractivity contribution is 7.91. The zero-order valence-corrected chi connectivity index (χ0v) is 32.9. The predicted molar refractivity (Wildman–Crippen MR) is 209 cm³/mol. The van der Waals surface area contributed by atoms with Crippen molar-refractivity contribution in [3.8, 4) is 23.0 Å². The summed E-state index contributed by atoms with van der Waals surface area (Å²) in [6.07, 6.45) is -12.2. The van der Waals surface area contributed by atoms with Gasteiger partial charge in [0, 0.05) is 13.1 Å². The summed E-state index contributed by atoms with van der Waals surface area (Å²) in [4.78, 5) is 53.4. The van der Waals surface area contributed by atoms with E-state index in [-0.39, 0.29) is 32.5 Å². The first-order valence-electron chi connectivity index (χ1n) is 18.3. The number of benzene rings is 6. The SMILES string of the molecule is Cc1cccc(Oc2ccc(S(=O)(=O)c3ccc(Oc4cccc(N5C(=O)c6ccc(C(c7ccc8c(c7)C(=O)N(C)C8=O)(C(F)(F)F)C(F)(F)F)cc6C5=O)c4)cc3)cc2)c1. The molecule has 10 nitrogen and oxygen atoms in total. The first-order chi connectivity index (χ1) is 29.2. The van der Waals surface area contributed by atoms with E-state index in [2.05, 4.69) is 0 Å². The minimum Gasteiger partial charge on any atom is -0.457 e. The lowest BCUT2D eigenvalue weighted by Gasteiger charge is -2.38. The highest BCUT2D eigenvalue weighted by atomic mass is 32.2. The Morgan fingerprint density at radius 2 is 0.919 bits per heavy atom. The van der Waals surface area contributed by atoms with E-state index >= 15 is 26.3 Å². The maximum absolute atomic E-state index is 15.1. The van der Waals surface area contributed by atoms with Crippen molar-refractivity contribution in [1.29, 1.82) is 0 Å². The zero-order valence-electron chi connectivity index (χ0n) is 32.0. The number of nitrogens with zero attached hydrogens (tertiary/aromatic N) is 2. The van der Waals surface area contributed by atoms with Gasteiger partial charge in [0.1, 0.15) is 23.0 Å². The third kappa shape index (κ3) is 6.74. The molecule has 62 heavy (non-hydrogen) atoms. The van der Waals surface area contributed by atoms with E-state index in [1.54, 1.807) is 6.07 Å². The van der Waals surface area contributed by atoms with Gasteiger partial charge in [-0.3, -0.25) is 24.1 Å². The topological polar surface area (TPSA) is 127 Å². The molecule has 8 rings (SSSR count). The summed E-state index contributed by atoms with van der Waals surface area (Å²) in [7, 11) is -2.95. The van der Waals surface area contributed by atoms with Crippen molar-refractivity contribution in [3.05, 3.63) is 172 Å². The number of alkyl halides is 6. The molecule has 0 saturated carbocycles. The second-order valence-corrected chi connectivity index (χ2v) is 16.3. The summed E-state index contributed by atoms with van der Waals surface area (Å²) in [6, 6.07) is 26.8. The first kappa shape index (κ1) is 41.5. The van der Waals surface area contributed by atoms with Crippen LogP contribution in [0, 0.1) is 6.92 Å². The lowest BCUT2D eigenvalue weighted by molar-refractivity contribution is -0.288. The van der Waals surface area contributed by atoms with E-state index < -0.39 is 79.1 Å². The van der Waals surface area contributed by atoms with E-state index in [9.17, 15) is 27.6 Å². The van der Waals surface area contributed by atoms with Gasteiger partial charge in [-0.1, -0.05) is 30.3 Å². The molecular weight excluding hydrogens is 843 g/mol. The number of imide groups is 2. The van der Waals surface area contributed by atoms with Crippen LogP contribution in [0.3, 0.4) is 0 Å².